The van der Waals surface area contributed by atoms with Gasteiger partial charge in [0, 0.05) is 33.1 Å². The molecule has 1 fully saturated rings. The van der Waals surface area contributed by atoms with Crippen LogP contribution in [0, 0.1) is 16.0 Å². The lowest BCUT2D eigenvalue weighted by Crippen LogP contribution is -2.56. The highest BCUT2D eigenvalue weighted by Crippen LogP contribution is 2.37. The first-order valence-corrected chi connectivity index (χ1v) is 16.3. The van der Waals surface area contributed by atoms with E-state index in [9.17, 15) is 19.7 Å². The fourth-order valence-corrected chi connectivity index (χ4v) is 6.01. The largest absolute Gasteiger partial charge is 0.452 e. The molecule has 2 aliphatic heterocycles. The van der Waals surface area contributed by atoms with E-state index in [-0.39, 0.29) is 35.0 Å². The van der Waals surface area contributed by atoms with Gasteiger partial charge < -0.3 is 9.64 Å². The van der Waals surface area contributed by atoms with E-state index in [0.717, 1.165) is 30.3 Å². The van der Waals surface area contributed by atoms with Crippen LogP contribution in [0.2, 0.25) is 5.02 Å². The summed E-state index contributed by atoms with van der Waals surface area (Å²) in [7, 11) is 1.38. The summed E-state index contributed by atoms with van der Waals surface area (Å²) in [5.41, 5.74) is 0.967. The van der Waals surface area contributed by atoms with Crippen LogP contribution in [0.1, 0.15) is 47.0 Å². The predicted octanol–water partition coefficient (Wildman–Crippen LogP) is 9.87. The molecule has 4 rings (SSSR count). The lowest BCUT2D eigenvalue weighted by Gasteiger charge is -2.45. The summed E-state index contributed by atoms with van der Waals surface area (Å²) in [6.45, 7) is 7.65. The van der Waals surface area contributed by atoms with Crippen LogP contribution >= 0.6 is 46.6 Å². The summed E-state index contributed by atoms with van der Waals surface area (Å²) in [5, 5.41) is 14.2. The molecule has 2 amide bonds. The van der Waals surface area contributed by atoms with E-state index in [4.69, 9.17) is 39.5 Å². The number of nitrogens with zero attached hydrogens (tertiary/aromatic N) is 3. The Morgan fingerprint density at radius 3 is 2.50 bits per heavy atom. The molecule has 0 aromatic heterocycles. The number of allylic oxidation sites excluding steroid dienone is 6. The molecule has 8 nitrogen and oxygen atoms in total. The van der Waals surface area contributed by atoms with E-state index in [1.807, 2.05) is 52.2 Å². The zero-order valence-electron chi connectivity index (χ0n) is 25.6. The van der Waals surface area contributed by atoms with Crippen molar-refractivity contribution in [3.63, 3.8) is 0 Å². The number of non-ortho nitro benzene ring substituents is 1. The monoisotopic (exact) mass is 681 g/mol. The topological polar surface area (TPSA) is 93.0 Å². The van der Waals surface area contributed by atoms with Crippen LogP contribution in [-0.4, -0.2) is 51.5 Å². The minimum Gasteiger partial charge on any atom is -0.452 e. The van der Waals surface area contributed by atoms with E-state index in [1.54, 1.807) is 58.1 Å². The molecule has 0 spiro atoms. The molecule has 0 N–H and O–H groups in total. The van der Waals surface area contributed by atoms with E-state index < -0.39 is 4.92 Å². The Kier molecular flexibility index (Phi) is 15.3. The van der Waals surface area contributed by atoms with E-state index in [0.29, 0.717) is 20.5 Å². The number of nitro groups is 1. The summed E-state index contributed by atoms with van der Waals surface area (Å²) in [6, 6.07) is 10.0. The number of thioether (sulfide) groups is 1. The summed E-state index contributed by atoms with van der Waals surface area (Å²) < 4.78 is 4.73. The maximum absolute atomic E-state index is 11.5. The van der Waals surface area contributed by atoms with Gasteiger partial charge in [-0.1, -0.05) is 72.1 Å². The molecular formula is C32H38Cl3N3O5S. The standard InChI is InChI=1S/C13H18ClNO2.C10H6ClNO2.C9H14ClNOS/c1-3-4-5-6-7-12-10-11(14)8-9-15(12)13(16)17-2;11-8-5-4-7-2-1-3-10(12(13)14)9(7)6-8;1-5-8(12)11(9(5)13-4)7(3)6(2)10/h3-4,8-10,12H,5-7H2,1-2H3;1-6H;5,9H,1-4H3/b4-3+;;7-6-. The zero-order chi connectivity index (χ0) is 33.0. The van der Waals surface area contributed by atoms with E-state index in [1.165, 1.54) is 13.2 Å². The van der Waals surface area contributed by atoms with Gasteiger partial charge in [0.1, 0.15) is 0 Å². The molecule has 2 aliphatic rings. The molecule has 2 aromatic carbocycles. The number of hydrogen-bond donors (Lipinski definition) is 0. The molecule has 12 heteroatoms. The minimum atomic E-state index is -0.404. The number of nitro benzene ring substituents is 1. The van der Waals surface area contributed by atoms with Gasteiger partial charge in [0.2, 0.25) is 5.91 Å². The molecule has 2 heterocycles. The normalized spacial score (nSPS) is 19.7. The van der Waals surface area contributed by atoms with Crippen molar-refractivity contribution in [3.8, 4) is 0 Å². The van der Waals surface area contributed by atoms with Gasteiger partial charge in [0.25, 0.3) is 5.69 Å². The highest BCUT2D eigenvalue weighted by molar-refractivity contribution is 7.99. The van der Waals surface area contributed by atoms with Crippen LogP contribution < -0.4 is 0 Å². The molecular weight excluding hydrogens is 645 g/mol. The molecule has 1 saturated heterocycles. The fraction of sp³-hybridized carbons (Fsp3) is 0.375. The Morgan fingerprint density at radius 2 is 1.91 bits per heavy atom. The van der Waals surface area contributed by atoms with Crippen LogP contribution in [0.3, 0.4) is 0 Å². The van der Waals surface area contributed by atoms with Gasteiger partial charge in [0.15, 0.2) is 0 Å². The number of unbranched alkanes of at least 4 members (excludes halogenated alkanes) is 1. The van der Waals surface area contributed by atoms with Gasteiger partial charge in [-0.2, -0.15) is 0 Å². The quantitative estimate of drug-likeness (QED) is 0.0949. The molecule has 0 bridgehead atoms. The van der Waals surface area contributed by atoms with Gasteiger partial charge >= 0.3 is 6.09 Å². The van der Waals surface area contributed by atoms with Crippen molar-refractivity contribution in [3.05, 3.63) is 97.8 Å². The van der Waals surface area contributed by atoms with Crippen LogP contribution in [0.5, 0.6) is 0 Å². The van der Waals surface area contributed by atoms with Crippen molar-refractivity contribution in [2.24, 2.45) is 5.92 Å². The molecule has 0 saturated carbocycles. The van der Waals surface area contributed by atoms with Crippen LogP contribution in [0.4, 0.5) is 10.5 Å². The fourth-order valence-electron chi connectivity index (χ4n) is 4.54. The Hall–Kier alpha value is -2.98. The Bertz CT molecular complexity index is 1460. The number of β-lactam (4-membered cyclic amide) rings is 1. The number of halogens is 3. The first-order valence-electron chi connectivity index (χ1n) is 13.9. The van der Waals surface area contributed by atoms with Gasteiger partial charge in [0.05, 0.1) is 34.8 Å². The maximum Gasteiger partial charge on any atom is 0.414 e. The smallest absolute Gasteiger partial charge is 0.414 e. The molecule has 3 unspecified atom stereocenters. The lowest BCUT2D eigenvalue weighted by atomic mass is 10.00. The van der Waals surface area contributed by atoms with E-state index >= 15 is 0 Å². The number of methoxy groups -OCH3 is 1. The van der Waals surface area contributed by atoms with Crippen molar-refractivity contribution in [1.29, 1.82) is 0 Å². The first kappa shape index (κ1) is 37.2. The van der Waals surface area contributed by atoms with Crippen molar-refractivity contribution in [2.45, 2.75) is 58.4 Å². The summed E-state index contributed by atoms with van der Waals surface area (Å²) in [5.74, 6) is 0.304. The number of carbonyl (C=O) groups is 2. The third kappa shape index (κ3) is 10.0. The molecule has 0 radical (unpaired) electrons. The van der Waals surface area contributed by atoms with Crippen LogP contribution in [0.25, 0.3) is 10.8 Å². The molecule has 3 atom stereocenters. The Morgan fingerprint density at radius 1 is 1.20 bits per heavy atom. The second-order valence-corrected chi connectivity index (χ2v) is 12.3. The number of fused-ring (bicyclic) bond motifs is 1. The second-order valence-electron chi connectivity index (χ2n) is 9.95. The number of ether oxygens (including phenoxy) is 1. The van der Waals surface area contributed by atoms with Crippen LogP contribution in [0.15, 0.2) is 82.7 Å². The predicted molar refractivity (Wildman–Crippen MR) is 183 cm³/mol. The molecule has 44 heavy (non-hydrogen) atoms. The average molecular weight is 683 g/mol. The third-order valence-corrected chi connectivity index (χ3v) is 8.89. The first-order chi connectivity index (χ1) is 20.9. The van der Waals surface area contributed by atoms with Crippen molar-refractivity contribution in [2.75, 3.05) is 13.4 Å². The summed E-state index contributed by atoms with van der Waals surface area (Å²) >= 11 is 19.3. The van der Waals surface area contributed by atoms with Gasteiger partial charge in [-0.3, -0.25) is 19.8 Å². The lowest BCUT2D eigenvalue weighted by molar-refractivity contribution is -0.383. The van der Waals surface area contributed by atoms with Crippen LogP contribution in [-0.2, 0) is 9.53 Å². The SMILES string of the molecule is C/C=C/CCCC1C=C(Cl)C=CN1C(=O)OC.CSC1C(C)C(=O)N1/C(C)=C(/C)Cl.O=[N+]([O-])c1cccc2ccc(Cl)cc12. The molecule has 0 aliphatic carbocycles. The maximum atomic E-state index is 11.5. The average Bonchev–Trinajstić information content (AvgIpc) is 3.00. The molecule has 238 valence electrons. The van der Waals surface area contributed by atoms with Crippen molar-refractivity contribution >= 4 is 75.0 Å². The summed E-state index contributed by atoms with van der Waals surface area (Å²) in [6.07, 6.45) is 14.0. The number of likely N-dealkylation sites (tertiary alicyclic amines) is 1. The Labute approximate surface area is 278 Å². The van der Waals surface area contributed by atoms with Gasteiger partial charge in [-0.15, -0.1) is 11.8 Å². The van der Waals surface area contributed by atoms with Crippen molar-refractivity contribution in [1.82, 2.24) is 9.80 Å². The van der Waals surface area contributed by atoms with E-state index in [2.05, 4.69) is 6.08 Å². The van der Waals surface area contributed by atoms with Crippen molar-refractivity contribution < 1.29 is 19.2 Å². The number of amides is 2. The molecule has 2 aromatic rings. The minimum absolute atomic E-state index is 0.00907. The zero-order valence-corrected chi connectivity index (χ0v) is 28.7. The number of hydrogen-bond acceptors (Lipinski definition) is 6. The number of benzene rings is 2. The highest BCUT2D eigenvalue weighted by Gasteiger charge is 2.44. The van der Waals surface area contributed by atoms with Gasteiger partial charge in [-0.25, -0.2) is 4.79 Å². The summed E-state index contributed by atoms with van der Waals surface area (Å²) in [4.78, 5) is 36.7. The Balaban J connectivity index is 0.000000232. The second kappa shape index (κ2) is 18.1. The van der Waals surface area contributed by atoms with Gasteiger partial charge in [-0.05, 0) is 76.0 Å². The number of carbonyl (C=O) groups excluding carboxylic acids is 2. The third-order valence-electron chi connectivity index (χ3n) is 7.02. The number of rotatable bonds is 7. The highest BCUT2D eigenvalue weighted by atomic mass is 35.5.